The highest BCUT2D eigenvalue weighted by Gasteiger charge is 2.36. The van der Waals surface area contributed by atoms with E-state index in [-0.39, 0.29) is 19.6 Å². The Kier molecular flexibility index (Phi) is 55.1. The molecule has 1 saturated heterocycles. The van der Waals surface area contributed by atoms with E-state index in [2.05, 4.69) is 19.1 Å². The molecule has 1 rings (SSSR count). The van der Waals surface area contributed by atoms with Gasteiger partial charge in [0.25, 0.3) is 0 Å². The van der Waals surface area contributed by atoms with Gasteiger partial charge in [-0.1, -0.05) is 347 Å². The van der Waals surface area contributed by atoms with Crippen molar-refractivity contribution in [1.82, 2.24) is 0 Å². The molecule has 0 bridgehead atoms. The molecule has 0 aromatic rings. The van der Waals surface area contributed by atoms with Crippen molar-refractivity contribution >= 4 is 11.9 Å². The van der Waals surface area contributed by atoms with Gasteiger partial charge in [0.2, 0.25) is 0 Å². The van der Waals surface area contributed by atoms with Gasteiger partial charge in [0.15, 0.2) is 0 Å². The third kappa shape index (κ3) is 48.9. The molecule has 0 aromatic carbocycles. The molecule has 2 N–H and O–H groups in total. The van der Waals surface area contributed by atoms with Crippen LogP contribution in [0.1, 0.15) is 373 Å². The first-order valence-corrected chi connectivity index (χ1v) is 33.8. The molecule has 438 valence electrons. The van der Waals surface area contributed by atoms with Crippen LogP contribution in [0.2, 0.25) is 0 Å². The van der Waals surface area contributed by atoms with E-state index in [1.165, 1.54) is 334 Å². The maximum Gasteiger partial charge on any atom is 0.309 e. The summed E-state index contributed by atoms with van der Waals surface area (Å²) in [6.07, 6.45) is 83.1. The van der Waals surface area contributed by atoms with Crippen LogP contribution in [0.5, 0.6) is 0 Å². The van der Waals surface area contributed by atoms with Crippen molar-refractivity contribution in [3.8, 4) is 0 Å². The second-order valence-electron chi connectivity index (χ2n) is 24.2. The minimum Gasteiger partial charge on any atom is -0.465 e. The van der Waals surface area contributed by atoms with Gasteiger partial charge in [0.05, 0.1) is 31.0 Å². The first-order chi connectivity index (χ1) is 36.6. The highest BCUT2D eigenvalue weighted by Crippen LogP contribution is 2.25. The third-order valence-electron chi connectivity index (χ3n) is 16.8. The molecular formula is C68H130O6. The van der Waals surface area contributed by atoms with Crippen LogP contribution in [0.15, 0.2) is 12.2 Å². The predicted octanol–water partition coefficient (Wildman–Crippen LogP) is 21.5. The molecule has 6 heteroatoms. The Hall–Kier alpha value is -1.40. The Labute approximate surface area is 462 Å². The van der Waals surface area contributed by atoms with Crippen molar-refractivity contribution in [3.63, 3.8) is 0 Å². The minimum absolute atomic E-state index is 0.00517. The van der Waals surface area contributed by atoms with Crippen molar-refractivity contribution in [2.45, 2.75) is 373 Å². The van der Waals surface area contributed by atoms with E-state index < -0.39 is 36.5 Å². The molecular weight excluding hydrogens is 913 g/mol. The van der Waals surface area contributed by atoms with E-state index in [0.29, 0.717) is 6.42 Å². The Balaban J connectivity index is 1.67. The van der Waals surface area contributed by atoms with Crippen LogP contribution in [0.3, 0.4) is 0 Å². The predicted molar refractivity (Wildman–Crippen MR) is 320 cm³/mol. The zero-order valence-electron chi connectivity index (χ0n) is 49.9. The number of carbonyl (C=O) groups is 2. The SMILES string of the molecule is CCCCCCCCCCCC/C=C/CCCCCCCCCCCCCCCCCCCCCCCCCCCCCCCCCCCCCCCCCCCCCC1CC(=O)OCC(CO)(CO)COC1=O. The van der Waals surface area contributed by atoms with E-state index in [1.807, 2.05) is 0 Å². The normalized spacial score (nSPS) is 15.1. The second-order valence-corrected chi connectivity index (χ2v) is 24.2. The lowest BCUT2D eigenvalue weighted by Crippen LogP contribution is -2.40. The number of rotatable bonds is 59. The Morgan fingerprint density at radius 1 is 0.351 bits per heavy atom. The number of cyclic esters (lactones) is 2. The summed E-state index contributed by atoms with van der Waals surface area (Å²) in [5.41, 5.74) is -1.12. The number of unbranched alkanes of at least 4 members (excludes halogenated alkanes) is 53. The van der Waals surface area contributed by atoms with Gasteiger partial charge < -0.3 is 19.7 Å². The van der Waals surface area contributed by atoms with Gasteiger partial charge in [-0.2, -0.15) is 0 Å². The Bertz CT molecular complexity index is 1160. The topological polar surface area (TPSA) is 93.1 Å². The molecule has 0 aliphatic carbocycles. The van der Waals surface area contributed by atoms with Crippen molar-refractivity contribution in [1.29, 1.82) is 0 Å². The smallest absolute Gasteiger partial charge is 0.309 e. The summed E-state index contributed by atoms with van der Waals surface area (Å²) in [7, 11) is 0. The molecule has 74 heavy (non-hydrogen) atoms. The number of hydrogen-bond acceptors (Lipinski definition) is 6. The Morgan fingerprint density at radius 2 is 0.581 bits per heavy atom. The molecule has 0 amide bonds. The summed E-state index contributed by atoms with van der Waals surface area (Å²) in [4.78, 5) is 24.8. The summed E-state index contributed by atoms with van der Waals surface area (Å²) < 4.78 is 10.6. The second kappa shape index (κ2) is 57.8. The molecule has 1 aliphatic rings. The van der Waals surface area contributed by atoms with Crippen LogP contribution in [-0.2, 0) is 19.1 Å². The molecule has 0 spiro atoms. The van der Waals surface area contributed by atoms with E-state index in [0.717, 1.165) is 19.3 Å². The molecule has 1 aliphatic heterocycles. The maximum atomic E-state index is 12.6. The first kappa shape index (κ1) is 70.6. The summed E-state index contributed by atoms with van der Waals surface area (Å²) >= 11 is 0. The standard InChI is InChI=1S/C68H130O6/c1-2-3-4-5-6-7-8-9-10-11-12-13-14-15-16-17-18-19-20-21-22-23-24-25-26-27-28-29-30-31-32-33-34-35-36-37-38-39-40-41-42-43-44-45-46-47-48-49-50-51-52-53-54-55-56-57-58-59-65-60-66(71)73-63-68(61-69,62-70)64-74-67(65)72/h13-14,65,69-70H,2-12,15-64H2,1H3/b14-13+. The zero-order chi connectivity index (χ0) is 53.2. The lowest BCUT2D eigenvalue weighted by atomic mass is 9.92. The fraction of sp³-hybridized carbons (Fsp3) is 0.941. The third-order valence-corrected chi connectivity index (χ3v) is 16.8. The van der Waals surface area contributed by atoms with Gasteiger partial charge in [-0.05, 0) is 32.1 Å². The number of aliphatic hydroxyl groups excluding tert-OH is 2. The van der Waals surface area contributed by atoms with Gasteiger partial charge in [-0.15, -0.1) is 0 Å². The summed E-state index contributed by atoms with van der Waals surface area (Å²) in [5, 5.41) is 19.2. The monoisotopic (exact) mass is 1040 g/mol. The van der Waals surface area contributed by atoms with Crippen LogP contribution < -0.4 is 0 Å². The van der Waals surface area contributed by atoms with E-state index in [4.69, 9.17) is 9.47 Å². The minimum atomic E-state index is -1.12. The average molecular weight is 1040 g/mol. The number of hydrogen-bond donors (Lipinski definition) is 2. The van der Waals surface area contributed by atoms with Crippen molar-refractivity contribution < 1.29 is 29.3 Å². The van der Waals surface area contributed by atoms with Gasteiger partial charge in [-0.25, -0.2) is 0 Å². The molecule has 1 unspecified atom stereocenters. The molecule has 1 heterocycles. The fourth-order valence-corrected chi connectivity index (χ4v) is 11.3. The number of aliphatic hydroxyl groups is 2. The molecule has 1 fully saturated rings. The molecule has 6 nitrogen and oxygen atoms in total. The van der Waals surface area contributed by atoms with Crippen LogP contribution >= 0.6 is 0 Å². The molecule has 1 atom stereocenters. The van der Waals surface area contributed by atoms with Crippen LogP contribution in [-0.4, -0.2) is 48.6 Å². The number of esters is 2. The van der Waals surface area contributed by atoms with Crippen molar-refractivity contribution in [2.75, 3.05) is 26.4 Å². The van der Waals surface area contributed by atoms with Crippen molar-refractivity contribution in [2.24, 2.45) is 11.3 Å². The summed E-state index contributed by atoms with van der Waals surface area (Å²) in [5.74, 6) is -1.40. The summed E-state index contributed by atoms with van der Waals surface area (Å²) in [6, 6.07) is 0. The van der Waals surface area contributed by atoms with Crippen molar-refractivity contribution in [3.05, 3.63) is 12.2 Å². The highest BCUT2D eigenvalue weighted by molar-refractivity contribution is 5.80. The molecule has 0 saturated carbocycles. The number of ether oxygens (including phenoxy) is 2. The highest BCUT2D eigenvalue weighted by atomic mass is 16.6. The average Bonchev–Trinajstić information content (AvgIpc) is 3.47. The quantitative estimate of drug-likeness (QED) is 0.0358. The fourth-order valence-electron chi connectivity index (χ4n) is 11.3. The van der Waals surface area contributed by atoms with E-state index in [1.54, 1.807) is 0 Å². The van der Waals surface area contributed by atoms with Gasteiger partial charge in [0.1, 0.15) is 13.2 Å². The first-order valence-electron chi connectivity index (χ1n) is 33.8. The van der Waals surface area contributed by atoms with Gasteiger partial charge in [-0.3, -0.25) is 9.59 Å². The lowest BCUT2D eigenvalue weighted by molar-refractivity contribution is -0.155. The van der Waals surface area contributed by atoms with Crippen LogP contribution in [0.4, 0.5) is 0 Å². The van der Waals surface area contributed by atoms with Gasteiger partial charge in [0, 0.05) is 0 Å². The van der Waals surface area contributed by atoms with E-state index >= 15 is 0 Å². The number of allylic oxidation sites excluding steroid dienone is 2. The molecule has 0 aromatic heterocycles. The van der Waals surface area contributed by atoms with Gasteiger partial charge >= 0.3 is 11.9 Å². The molecule has 0 radical (unpaired) electrons. The maximum absolute atomic E-state index is 12.6. The Morgan fingerprint density at radius 3 is 0.838 bits per heavy atom. The zero-order valence-corrected chi connectivity index (χ0v) is 49.9. The lowest BCUT2D eigenvalue weighted by Gasteiger charge is -2.27. The van der Waals surface area contributed by atoms with E-state index in [9.17, 15) is 19.8 Å². The summed E-state index contributed by atoms with van der Waals surface area (Å²) in [6.45, 7) is 1.21. The largest absolute Gasteiger partial charge is 0.465 e. The van der Waals surface area contributed by atoms with Crippen LogP contribution in [0, 0.1) is 11.3 Å². The number of carbonyl (C=O) groups excluding carboxylic acids is 2. The van der Waals surface area contributed by atoms with Crippen LogP contribution in [0.25, 0.3) is 0 Å².